The number of methoxy groups -OCH3 is 1. The second-order valence-electron chi connectivity index (χ2n) is 8.03. The fourth-order valence-electron chi connectivity index (χ4n) is 4.00. The van der Waals surface area contributed by atoms with E-state index in [4.69, 9.17) is 14.2 Å². The number of pyridine rings is 1. The molecule has 0 spiro atoms. The molecule has 1 amide bonds. The van der Waals surface area contributed by atoms with Gasteiger partial charge in [0, 0.05) is 63.7 Å². The van der Waals surface area contributed by atoms with Gasteiger partial charge in [-0.05, 0) is 42.1 Å². The number of aryl methyl sites for hydroxylation is 1. The van der Waals surface area contributed by atoms with Crippen LogP contribution in [-0.2, 0) is 11.2 Å². The minimum atomic E-state index is -0.106. The quantitative estimate of drug-likeness (QED) is 0.557. The van der Waals surface area contributed by atoms with Crippen molar-refractivity contribution in [2.24, 2.45) is 0 Å². The van der Waals surface area contributed by atoms with E-state index in [1.165, 1.54) is 7.11 Å². The Hall–Kier alpha value is -3.49. The van der Waals surface area contributed by atoms with Crippen molar-refractivity contribution in [1.82, 2.24) is 25.0 Å². The van der Waals surface area contributed by atoms with Crippen molar-refractivity contribution >= 4 is 11.9 Å². The summed E-state index contributed by atoms with van der Waals surface area (Å²) in [5.41, 5.74) is 2.80. The largest absolute Gasteiger partial charge is 0.479 e. The second kappa shape index (κ2) is 9.76. The number of aromatic nitrogens is 4. The van der Waals surface area contributed by atoms with Crippen LogP contribution in [0.1, 0.15) is 43.2 Å². The molecule has 0 aliphatic carbocycles. The fraction of sp³-hybridized carbons (Fsp3) is 0.435. The molecular formula is C23H28N6O3. The maximum atomic E-state index is 13.3. The van der Waals surface area contributed by atoms with Gasteiger partial charge in [0.05, 0.1) is 18.8 Å². The highest BCUT2D eigenvalue weighted by Crippen LogP contribution is 2.36. The van der Waals surface area contributed by atoms with Gasteiger partial charge in [-0.2, -0.15) is 0 Å². The van der Waals surface area contributed by atoms with Gasteiger partial charge in [0.1, 0.15) is 5.76 Å². The van der Waals surface area contributed by atoms with Crippen LogP contribution in [-0.4, -0.2) is 58.7 Å². The van der Waals surface area contributed by atoms with Crippen molar-refractivity contribution in [3.63, 3.8) is 0 Å². The molecule has 9 nitrogen and oxygen atoms in total. The zero-order valence-electron chi connectivity index (χ0n) is 18.7. The second-order valence-corrected chi connectivity index (χ2v) is 8.03. The van der Waals surface area contributed by atoms with Gasteiger partial charge in [-0.1, -0.05) is 0 Å². The highest BCUT2D eigenvalue weighted by atomic mass is 16.5. The number of carbonyl (C=O) groups excluding carboxylic acids is 1. The number of amides is 1. The number of piperidine rings is 1. The van der Waals surface area contributed by atoms with Crippen molar-refractivity contribution in [2.45, 2.75) is 38.1 Å². The Morgan fingerprint density at radius 2 is 2.09 bits per heavy atom. The van der Waals surface area contributed by atoms with Gasteiger partial charge >= 0.3 is 0 Å². The van der Waals surface area contributed by atoms with E-state index < -0.39 is 0 Å². The van der Waals surface area contributed by atoms with Crippen molar-refractivity contribution in [2.75, 3.05) is 32.6 Å². The smallest absolute Gasteiger partial charge is 0.254 e. The summed E-state index contributed by atoms with van der Waals surface area (Å²) in [6.45, 7) is 0.709. The van der Waals surface area contributed by atoms with E-state index in [1.807, 2.05) is 42.2 Å². The number of hydrogen-bond acceptors (Lipinski definition) is 8. The monoisotopic (exact) mass is 436 g/mol. The number of anilines is 1. The summed E-state index contributed by atoms with van der Waals surface area (Å²) < 4.78 is 10.3. The molecule has 1 aliphatic rings. The van der Waals surface area contributed by atoms with Gasteiger partial charge in [-0.25, -0.2) is 9.97 Å². The Bertz CT molecular complexity index is 1050. The van der Waals surface area contributed by atoms with E-state index in [2.05, 4.69) is 15.1 Å². The Balaban J connectivity index is 1.62. The number of nitrogens with zero attached hydrogens (tertiary/aromatic N) is 6. The third kappa shape index (κ3) is 4.71. The first kappa shape index (κ1) is 21.7. The molecule has 168 valence electrons. The molecular weight excluding hydrogens is 408 g/mol. The lowest BCUT2D eigenvalue weighted by Gasteiger charge is -2.36. The Morgan fingerprint density at radius 3 is 2.81 bits per heavy atom. The Kier molecular flexibility index (Phi) is 6.63. The first-order valence-corrected chi connectivity index (χ1v) is 10.8. The number of ether oxygens (including phenoxy) is 1. The van der Waals surface area contributed by atoms with Gasteiger partial charge in [0.25, 0.3) is 5.88 Å². The van der Waals surface area contributed by atoms with E-state index in [0.717, 1.165) is 36.1 Å². The summed E-state index contributed by atoms with van der Waals surface area (Å²) in [6.07, 6.45) is 9.07. The lowest BCUT2D eigenvalue weighted by molar-refractivity contribution is -0.135. The molecule has 3 aromatic heterocycles. The van der Waals surface area contributed by atoms with E-state index >= 15 is 0 Å². The van der Waals surface area contributed by atoms with Gasteiger partial charge in [-0.3, -0.25) is 9.78 Å². The molecule has 3 aromatic rings. The van der Waals surface area contributed by atoms with Gasteiger partial charge in [-0.15, -0.1) is 0 Å². The Morgan fingerprint density at radius 1 is 1.28 bits per heavy atom. The first-order chi connectivity index (χ1) is 15.6. The lowest BCUT2D eigenvalue weighted by Crippen LogP contribution is -2.39. The number of carbonyl (C=O) groups is 1. The maximum absolute atomic E-state index is 13.3. The molecule has 0 bridgehead atoms. The van der Waals surface area contributed by atoms with Gasteiger partial charge < -0.3 is 19.1 Å². The van der Waals surface area contributed by atoms with Gasteiger partial charge in [0.2, 0.25) is 11.9 Å². The summed E-state index contributed by atoms with van der Waals surface area (Å²) in [7, 11) is 5.37. The molecule has 4 heterocycles. The highest BCUT2D eigenvalue weighted by molar-refractivity contribution is 5.78. The van der Waals surface area contributed by atoms with E-state index in [1.54, 1.807) is 18.5 Å². The van der Waals surface area contributed by atoms with Gasteiger partial charge in [0.15, 0.2) is 0 Å². The van der Waals surface area contributed by atoms with Crippen molar-refractivity contribution in [3.05, 3.63) is 48.2 Å². The molecule has 0 N–H and O–H groups in total. The molecule has 4 rings (SSSR count). The molecule has 1 fully saturated rings. The summed E-state index contributed by atoms with van der Waals surface area (Å²) in [5.74, 6) is 1.76. The van der Waals surface area contributed by atoms with E-state index in [-0.39, 0.29) is 11.9 Å². The zero-order chi connectivity index (χ0) is 22.5. The van der Waals surface area contributed by atoms with Crippen LogP contribution < -0.4 is 9.64 Å². The molecule has 32 heavy (non-hydrogen) atoms. The predicted molar refractivity (Wildman–Crippen MR) is 119 cm³/mol. The van der Waals surface area contributed by atoms with Crippen LogP contribution in [0.5, 0.6) is 5.88 Å². The molecule has 0 saturated carbocycles. The number of rotatable bonds is 7. The zero-order valence-corrected chi connectivity index (χ0v) is 18.7. The Labute approximate surface area is 187 Å². The molecule has 1 saturated heterocycles. The third-order valence-electron chi connectivity index (χ3n) is 5.67. The van der Waals surface area contributed by atoms with Crippen LogP contribution in [0.2, 0.25) is 0 Å². The fourth-order valence-corrected chi connectivity index (χ4v) is 4.00. The topological polar surface area (TPSA) is 97.5 Å². The summed E-state index contributed by atoms with van der Waals surface area (Å²) >= 11 is 0. The van der Waals surface area contributed by atoms with E-state index in [0.29, 0.717) is 37.0 Å². The normalized spacial score (nSPS) is 16.1. The van der Waals surface area contributed by atoms with Crippen molar-refractivity contribution < 1.29 is 14.1 Å². The van der Waals surface area contributed by atoms with E-state index in [9.17, 15) is 4.79 Å². The summed E-state index contributed by atoms with van der Waals surface area (Å²) in [4.78, 5) is 30.7. The van der Waals surface area contributed by atoms with Crippen molar-refractivity contribution in [3.8, 4) is 17.0 Å². The average molecular weight is 437 g/mol. The van der Waals surface area contributed by atoms with Crippen LogP contribution in [0.4, 0.5) is 5.95 Å². The predicted octanol–water partition coefficient (Wildman–Crippen LogP) is 3.29. The molecule has 1 aliphatic heterocycles. The number of hydrogen-bond donors (Lipinski definition) is 0. The standard InChI is InChI=1S/C23H28N6O3/c1-28(2)23-25-15-18(16-9-11-24-12-10-16)22(26-23)19-6-4-5-13-29(19)21(30)8-7-17-14-20(31-3)27-32-17/h9-12,14-15,19H,4-8,13H2,1-3H3. The summed E-state index contributed by atoms with van der Waals surface area (Å²) in [6, 6.07) is 5.51. The number of likely N-dealkylation sites (tertiary alicyclic amines) is 1. The minimum Gasteiger partial charge on any atom is -0.479 e. The maximum Gasteiger partial charge on any atom is 0.254 e. The average Bonchev–Trinajstić information content (AvgIpc) is 3.31. The van der Waals surface area contributed by atoms with Crippen LogP contribution in [0.15, 0.2) is 41.3 Å². The molecule has 0 aromatic carbocycles. The van der Waals surface area contributed by atoms with Crippen LogP contribution >= 0.6 is 0 Å². The molecule has 9 heteroatoms. The van der Waals surface area contributed by atoms with Crippen LogP contribution in [0, 0.1) is 0 Å². The van der Waals surface area contributed by atoms with Crippen LogP contribution in [0.25, 0.3) is 11.1 Å². The minimum absolute atomic E-state index is 0.0794. The highest BCUT2D eigenvalue weighted by Gasteiger charge is 2.31. The molecule has 0 radical (unpaired) electrons. The molecule has 1 unspecified atom stereocenters. The molecule has 1 atom stereocenters. The van der Waals surface area contributed by atoms with Crippen LogP contribution in [0.3, 0.4) is 0 Å². The summed E-state index contributed by atoms with van der Waals surface area (Å²) in [5, 5.41) is 3.81. The first-order valence-electron chi connectivity index (χ1n) is 10.8. The van der Waals surface area contributed by atoms with Crippen molar-refractivity contribution in [1.29, 1.82) is 0 Å². The SMILES string of the molecule is COc1cc(CCC(=O)N2CCCCC2c2nc(N(C)C)ncc2-c2ccncc2)on1. The lowest BCUT2D eigenvalue weighted by atomic mass is 9.93. The third-order valence-corrected chi connectivity index (χ3v) is 5.67.